The predicted octanol–water partition coefficient (Wildman–Crippen LogP) is 1.04. The van der Waals surface area contributed by atoms with Crippen LogP contribution in [0.1, 0.15) is 22.8 Å². The van der Waals surface area contributed by atoms with Gasteiger partial charge in [0.2, 0.25) is 5.79 Å². The molecule has 1 atom stereocenters. The fourth-order valence-electron chi connectivity index (χ4n) is 1.85. The van der Waals surface area contributed by atoms with Gasteiger partial charge in [-0.1, -0.05) is 0 Å². The van der Waals surface area contributed by atoms with Crippen molar-refractivity contribution < 1.29 is 24.1 Å². The lowest BCUT2D eigenvalue weighted by atomic mass is 10.0. The van der Waals surface area contributed by atoms with Gasteiger partial charge in [-0.15, -0.1) is 0 Å². The van der Waals surface area contributed by atoms with Crippen molar-refractivity contribution in [2.45, 2.75) is 12.7 Å². The summed E-state index contributed by atoms with van der Waals surface area (Å²) in [5, 5.41) is 9.97. The zero-order chi connectivity index (χ0) is 11.9. The van der Waals surface area contributed by atoms with Crippen LogP contribution in [0.25, 0.3) is 0 Å². The van der Waals surface area contributed by atoms with Crippen LogP contribution in [-0.2, 0) is 10.5 Å². The molecule has 0 aromatic heterocycles. The lowest BCUT2D eigenvalue weighted by Crippen LogP contribution is -2.21. The minimum Gasteiger partial charge on any atom is -0.496 e. The first-order valence-electron chi connectivity index (χ1n) is 4.72. The maximum atomic E-state index is 11.6. The largest absolute Gasteiger partial charge is 0.496 e. The Kier molecular flexibility index (Phi) is 2.27. The number of esters is 1. The fourth-order valence-corrected chi connectivity index (χ4v) is 1.85. The van der Waals surface area contributed by atoms with E-state index < -0.39 is 11.8 Å². The first kappa shape index (κ1) is 10.8. The molecular formula is C11H12O5. The second-order valence-corrected chi connectivity index (χ2v) is 3.59. The van der Waals surface area contributed by atoms with Crippen molar-refractivity contribution >= 4 is 5.97 Å². The molecule has 86 valence electrons. The minimum absolute atomic E-state index is 0.215. The summed E-state index contributed by atoms with van der Waals surface area (Å²) in [6.45, 7) is 1.39. The van der Waals surface area contributed by atoms with Crippen LogP contribution in [0.3, 0.4) is 0 Å². The molecule has 1 heterocycles. The van der Waals surface area contributed by atoms with Gasteiger partial charge < -0.3 is 19.3 Å². The van der Waals surface area contributed by atoms with Crippen molar-refractivity contribution in [2.24, 2.45) is 0 Å². The number of aliphatic hydroxyl groups is 1. The van der Waals surface area contributed by atoms with E-state index in [0.29, 0.717) is 17.1 Å². The Bertz CT molecular complexity index is 450. The van der Waals surface area contributed by atoms with Crippen molar-refractivity contribution in [1.82, 2.24) is 0 Å². The predicted molar refractivity (Wildman–Crippen MR) is 54.5 cm³/mol. The average Bonchev–Trinajstić information content (AvgIpc) is 2.49. The van der Waals surface area contributed by atoms with E-state index >= 15 is 0 Å². The zero-order valence-corrected chi connectivity index (χ0v) is 9.23. The van der Waals surface area contributed by atoms with E-state index in [2.05, 4.69) is 0 Å². The average molecular weight is 224 g/mol. The smallest absolute Gasteiger partial charge is 0.345 e. The Morgan fingerprint density at radius 2 is 1.81 bits per heavy atom. The van der Waals surface area contributed by atoms with Crippen LogP contribution < -0.4 is 9.47 Å². The molecule has 5 nitrogen and oxygen atoms in total. The molecule has 5 heteroatoms. The van der Waals surface area contributed by atoms with Gasteiger partial charge in [-0.2, -0.15) is 0 Å². The molecule has 1 unspecified atom stereocenters. The third kappa shape index (κ3) is 1.32. The standard InChI is InChI=1S/C11H12O5/c1-11(13)9-7(15-3)5-4-6(14-2)8(9)10(12)16-11/h4-5,13H,1-3H3. The highest BCUT2D eigenvalue weighted by Crippen LogP contribution is 2.44. The topological polar surface area (TPSA) is 65.0 Å². The number of carbonyl (C=O) groups excluding carboxylic acids is 1. The first-order valence-corrected chi connectivity index (χ1v) is 4.72. The van der Waals surface area contributed by atoms with Gasteiger partial charge in [0.25, 0.3) is 0 Å². The van der Waals surface area contributed by atoms with Gasteiger partial charge >= 0.3 is 5.97 Å². The number of cyclic esters (lactones) is 1. The molecule has 1 aromatic carbocycles. The first-order chi connectivity index (χ1) is 7.51. The van der Waals surface area contributed by atoms with Gasteiger partial charge in [-0.3, -0.25) is 0 Å². The Hall–Kier alpha value is -1.75. The van der Waals surface area contributed by atoms with E-state index in [1.54, 1.807) is 12.1 Å². The molecule has 1 aliphatic rings. The third-order valence-electron chi connectivity index (χ3n) is 2.53. The van der Waals surface area contributed by atoms with Crippen molar-refractivity contribution in [2.75, 3.05) is 14.2 Å². The molecule has 0 saturated heterocycles. The molecule has 0 spiro atoms. The highest BCUT2D eigenvalue weighted by atomic mass is 16.7. The van der Waals surface area contributed by atoms with E-state index in [1.165, 1.54) is 21.1 Å². The van der Waals surface area contributed by atoms with E-state index in [1.807, 2.05) is 0 Å². The normalized spacial score (nSPS) is 22.6. The Balaban J connectivity index is 2.74. The quantitative estimate of drug-likeness (QED) is 0.760. The molecule has 16 heavy (non-hydrogen) atoms. The minimum atomic E-state index is -1.67. The van der Waals surface area contributed by atoms with Crippen molar-refractivity contribution in [3.8, 4) is 11.5 Å². The molecule has 0 saturated carbocycles. The van der Waals surface area contributed by atoms with Crippen LogP contribution >= 0.6 is 0 Å². The summed E-state index contributed by atoms with van der Waals surface area (Å²) in [6.07, 6.45) is 0. The van der Waals surface area contributed by atoms with Crippen molar-refractivity contribution in [3.63, 3.8) is 0 Å². The second kappa shape index (κ2) is 3.38. The molecular weight excluding hydrogens is 212 g/mol. The maximum Gasteiger partial charge on any atom is 0.345 e. The Labute approximate surface area is 92.5 Å². The van der Waals surface area contributed by atoms with Crippen molar-refractivity contribution in [3.05, 3.63) is 23.3 Å². The molecule has 0 bridgehead atoms. The second-order valence-electron chi connectivity index (χ2n) is 3.59. The SMILES string of the molecule is COc1ccc(OC)c2c1C(=O)OC2(C)O. The molecule has 0 fully saturated rings. The van der Waals surface area contributed by atoms with Gasteiger partial charge in [0, 0.05) is 6.92 Å². The zero-order valence-electron chi connectivity index (χ0n) is 9.23. The number of rotatable bonds is 2. The van der Waals surface area contributed by atoms with Crippen LogP contribution in [0.5, 0.6) is 11.5 Å². The summed E-state index contributed by atoms with van der Waals surface area (Å²) in [4.78, 5) is 11.6. The fraction of sp³-hybridized carbons (Fsp3) is 0.364. The monoisotopic (exact) mass is 224 g/mol. The number of hydrogen-bond acceptors (Lipinski definition) is 5. The lowest BCUT2D eigenvalue weighted by molar-refractivity contribution is -0.148. The van der Waals surface area contributed by atoms with Crippen LogP contribution in [-0.4, -0.2) is 25.3 Å². The maximum absolute atomic E-state index is 11.6. The molecule has 1 aliphatic heterocycles. The summed E-state index contributed by atoms with van der Waals surface area (Å²) in [5.41, 5.74) is 0.520. The summed E-state index contributed by atoms with van der Waals surface area (Å²) in [7, 11) is 2.91. The molecule has 1 aromatic rings. The lowest BCUT2D eigenvalue weighted by Gasteiger charge is -2.18. The highest BCUT2D eigenvalue weighted by Gasteiger charge is 2.45. The summed E-state index contributed by atoms with van der Waals surface area (Å²) < 4.78 is 15.0. The van der Waals surface area contributed by atoms with Crippen LogP contribution in [0.2, 0.25) is 0 Å². The van der Waals surface area contributed by atoms with Crippen molar-refractivity contribution in [1.29, 1.82) is 0 Å². The van der Waals surface area contributed by atoms with Gasteiger partial charge in [0.1, 0.15) is 17.1 Å². The van der Waals surface area contributed by atoms with E-state index in [-0.39, 0.29) is 5.56 Å². The van der Waals surface area contributed by atoms with Gasteiger partial charge in [-0.25, -0.2) is 4.79 Å². The summed E-state index contributed by atoms with van der Waals surface area (Å²) >= 11 is 0. The summed E-state index contributed by atoms with van der Waals surface area (Å²) in [5.74, 6) is -1.53. The number of benzene rings is 1. The molecule has 2 rings (SSSR count). The molecule has 0 radical (unpaired) electrons. The van der Waals surface area contributed by atoms with Crippen LogP contribution in [0.15, 0.2) is 12.1 Å². The number of fused-ring (bicyclic) bond motifs is 1. The number of carbonyl (C=O) groups is 1. The van der Waals surface area contributed by atoms with Gasteiger partial charge in [0.05, 0.1) is 19.8 Å². The van der Waals surface area contributed by atoms with E-state index in [0.717, 1.165) is 0 Å². The Morgan fingerprint density at radius 1 is 1.25 bits per heavy atom. The third-order valence-corrected chi connectivity index (χ3v) is 2.53. The number of methoxy groups -OCH3 is 2. The highest BCUT2D eigenvalue weighted by molar-refractivity contribution is 5.98. The van der Waals surface area contributed by atoms with E-state index in [9.17, 15) is 9.90 Å². The molecule has 0 aliphatic carbocycles. The number of ether oxygens (including phenoxy) is 3. The van der Waals surface area contributed by atoms with Gasteiger partial charge in [0.15, 0.2) is 0 Å². The number of hydrogen-bond donors (Lipinski definition) is 1. The summed E-state index contributed by atoms with van der Waals surface area (Å²) in [6, 6.07) is 3.22. The Morgan fingerprint density at radius 3 is 2.38 bits per heavy atom. The van der Waals surface area contributed by atoms with E-state index in [4.69, 9.17) is 14.2 Å². The van der Waals surface area contributed by atoms with Crippen LogP contribution in [0.4, 0.5) is 0 Å². The molecule has 0 amide bonds. The molecule has 1 N–H and O–H groups in total. The van der Waals surface area contributed by atoms with Gasteiger partial charge in [-0.05, 0) is 12.1 Å². The van der Waals surface area contributed by atoms with Crippen LogP contribution in [0, 0.1) is 0 Å².